The van der Waals surface area contributed by atoms with Gasteiger partial charge >= 0.3 is 0 Å². The van der Waals surface area contributed by atoms with Crippen LogP contribution in [0.5, 0.6) is 0 Å². The van der Waals surface area contributed by atoms with Gasteiger partial charge in [0.15, 0.2) is 5.76 Å². The van der Waals surface area contributed by atoms with Crippen molar-refractivity contribution in [3.8, 4) is 0 Å². The molecule has 19 heavy (non-hydrogen) atoms. The van der Waals surface area contributed by atoms with Gasteiger partial charge in [-0.05, 0) is 30.0 Å². The van der Waals surface area contributed by atoms with Gasteiger partial charge in [0.25, 0.3) is 0 Å². The summed E-state index contributed by atoms with van der Waals surface area (Å²) in [6, 6.07) is 11.1. The van der Waals surface area contributed by atoms with Gasteiger partial charge in [-0.15, -0.1) is 0 Å². The third-order valence-electron chi connectivity index (χ3n) is 2.95. The molecule has 0 unspecified atom stereocenters. The lowest BCUT2D eigenvalue weighted by molar-refractivity contribution is 0.101. The van der Waals surface area contributed by atoms with Crippen LogP contribution < -0.4 is 5.73 Å². The third kappa shape index (κ3) is 3.32. The number of hydrogen-bond acceptors (Lipinski definition) is 3. The molecule has 100 valence electrons. The first-order valence-corrected chi connectivity index (χ1v) is 6.52. The Balaban J connectivity index is 2.15. The zero-order valence-electron chi connectivity index (χ0n) is 11.3. The highest BCUT2D eigenvalue weighted by Gasteiger charge is 2.13. The van der Waals surface area contributed by atoms with Crippen LogP contribution in [0.25, 0.3) is 0 Å². The topological polar surface area (TPSA) is 56.2 Å². The number of rotatable bonds is 5. The number of benzene rings is 1. The van der Waals surface area contributed by atoms with Crippen LogP contribution >= 0.6 is 0 Å². The number of carbonyl (C=O) groups excluding carboxylic acids is 1. The van der Waals surface area contributed by atoms with Crippen LogP contribution in [0.4, 0.5) is 0 Å². The molecule has 1 heterocycles. The number of carbonyl (C=O) groups is 1. The molecule has 1 aromatic carbocycles. The summed E-state index contributed by atoms with van der Waals surface area (Å²) < 4.78 is 5.37. The summed E-state index contributed by atoms with van der Waals surface area (Å²) in [5, 5.41) is 0. The summed E-state index contributed by atoms with van der Waals surface area (Å²) in [6.45, 7) is 4.66. The van der Waals surface area contributed by atoms with Crippen molar-refractivity contribution in [2.45, 2.75) is 26.8 Å². The van der Waals surface area contributed by atoms with Crippen LogP contribution in [0.3, 0.4) is 0 Å². The fraction of sp³-hybridized carbons (Fsp3) is 0.312. The lowest BCUT2D eigenvalue weighted by Crippen LogP contribution is -2.01. The summed E-state index contributed by atoms with van der Waals surface area (Å²) in [7, 11) is 0. The third-order valence-corrected chi connectivity index (χ3v) is 2.95. The van der Waals surface area contributed by atoms with Crippen molar-refractivity contribution in [1.29, 1.82) is 0 Å². The van der Waals surface area contributed by atoms with E-state index < -0.39 is 0 Å². The molecule has 2 N–H and O–H groups in total. The average Bonchev–Trinajstić information content (AvgIpc) is 2.87. The van der Waals surface area contributed by atoms with Crippen molar-refractivity contribution < 1.29 is 9.21 Å². The molecule has 0 radical (unpaired) electrons. The van der Waals surface area contributed by atoms with E-state index >= 15 is 0 Å². The highest BCUT2D eigenvalue weighted by Crippen LogP contribution is 2.15. The van der Waals surface area contributed by atoms with Gasteiger partial charge in [-0.3, -0.25) is 4.79 Å². The molecular formula is C16H19NO2. The normalized spacial score (nSPS) is 10.9. The van der Waals surface area contributed by atoms with E-state index in [0.717, 1.165) is 6.42 Å². The molecule has 3 heteroatoms. The standard InChI is InChI=1S/C16H19NO2/c1-11(2)9-12-3-5-13(6-4-12)16(18)15-8-7-14(10-17)19-15/h3-8,11H,9-10,17H2,1-2H3. The van der Waals surface area contributed by atoms with E-state index in [0.29, 0.717) is 29.5 Å². The Morgan fingerprint density at radius 3 is 2.37 bits per heavy atom. The summed E-state index contributed by atoms with van der Waals surface area (Å²) in [4.78, 5) is 12.2. The Kier molecular flexibility index (Phi) is 4.17. The highest BCUT2D eigenvalue weighted by atomic mass is 16.3. The van der Waals surface area contributed by atoms with E-state index in [1.165, 1.54) is 5.56 Å². The second-order valence-corrected chi connectivity index (χ2v) is 5.09. The van der Waals surface area contributed by atoms with Crippen molar-refractivity contribution in [3.05, 3.63) is 59.0 Å². The molecule has 0 saturated heterocycles. The van der Waals surface area contributed by atoms with Crippen LogP contribution in [0.1, 0.15) is 41.3 Å². The SMILES string of the molecule is CC(C)Cc1ccc(C(=O)c2ccc(CN)o2)cc1. The lowest BCUT2D eigenvalue weighted by Gasteiger charge is -2.05. The molecule has 0 saturated carbocycles. The minimum atomic E-state index is -0.101. The van der Waals surface area contributed by atoms with E-state index in [4.69, 9.17) is 10.2 Å². The minimum absolute atomic E-state index is 0.101. The maximum absolute atomic E-state index is 12.2. The first-order chi connectivity index (χ1) is 9.10. The predicted octanol–water partition coefficient (Wildman–Crippen LogP) is 3.17. The molecule has 0 aliphatic heterocycles. The maximum Gasteiger partial charge on any atom is 0.228 e. The predicted molar refractivity (Wildman–Crippen MR) is 75.0 cm³/mol. The Bertz CT molecular complexity index is 552. The second kappa shape index (κ2) is 5.85. The van der Waals surface area contributed by atoms with Gasteiger partial charge in [-0.25, -0.2) is 0 Å². The molecule has 0 atom stereocenters. The van der Waals surface area contributed by atoms with E-state index in [1.54, 1.807) is 12.1 Å². The van der Waals surface area contributed by atoms with Gasteiger partial charge < -0.3 is 10.2 Å². The average molecular weight is 257 g/mol. The van der Waals surface area contributed by atoms with Crippen molar-refractivity contribution in [3.63, 3.8) is 0 Å². The Labute approximate surface area is 113 Å². The van der Waals surface area contributed by atoms with Crippen LogP contribution in [-0.4, -0.2) is 5.78 Å². The first kappa shape index (κ1) is 13.6. The van der Waals surface area contributed by atoms with Gasteiger partial charge in [0.2, 0.25) is 5.78 Å². The molecule has 2 aromatic rings. The second-order valence-electron chi connectivity index (χ2n) is 5.09. The molecule has 0 aliphatic rings. The zero-order chi connectivity index (χ0) is 13.8. The fourth-order valence-corrected chi connectivity index (χ4v) is 2.02. The van der Waals surface area contributed by atoms with Crippen molar-refractivity contribution in [1.82, 2.24) is 0 Å². The van der Waals surface area contributed by atoms with Crippen LogP contribution in [0.15, 0.2) is 40.8 Å². The Morgan fingerprint density at radius 2 is 1.84 bits per heavy atom. The van der Waals surface area contributed by atoms with E-state index in [1.807, 2.05) is 24.3 Å². The van der Waals surface area contributed by atoms with Crippen LogP contribution in [-0.2, 0) is 13.0 Å². The fourth-order valence-electron chi connectivity index (χ4n) is 2.02. The maximum atomic E-state index is 12.2. The molecular weight excluding hydrogens is 238 g/mol. The van der Waals surface area contributed by atoms with Gasteiger partial charge in [-0.1, -0.05) is 38.1 Å². The summed E-state index contributed by atoms with van der Waals surface area (Å²) in [5.74, 6) is 1.48. The Hall–Kier alpha value is -1.87. The van der Waals surface area contributed by atoms with Gasteiger partial charge in [0, 0.05) is 5.56 Å². The van der Waals surface area contributed by atoms with Crippen LogP contribution in [0.2, 0.25) is 0 Å². The number of furan rings is 1. The van der Waals surface area contributed by atoms with Crippen LogP contribution in [0, 0.1) is 5.92 Å². The smallest absolute Gasteiger partial charge is 0.228 e. The quantitative estimate of drug-likeness (QED) is 0.837. The molecule has 0 aliphatic carbocycles. The lowest BCUT2D eigenvalue weighted by atomic mass is 10.0. The molecule has 0 fully saturated rings. The number of hydrogen-bond donors (Lipinski definition) is 1. The molecule has 2 rings (SSSR count). The van der Waals surface area contributed by atoms with Gasteiger partial charge in [-0.2, -0.15) is 0 Å². The molecule has 0 bridgehead atoms. The van der Waals surface area contributed by atoms with E-state index in [9.17, 15) is 4.79 Å². The number of nitrogens with two attached hydrogens (primary N) is 1. The molecule has 0 amide bonds. The zero-order valence-corrected chi connectivity index (χ0v) is 11.3. The van der Waals surface area contributed by atoms with Gasteiger partial charge in [0.05, 0.1) is 6.54 Å². The molecule has 3 nitrogen and oxygen atoms in total. The van der Waals surface area contributed by atoms with E-state index in [-0.39, 0.29) is 5.78 Å². The van der Waals surface area contributed by atoms with Crippen molar-refractivity contribution >= 4 is 5.78 Å². The number of ketones is 1. The summed E-state index contributed by atoms with van der Waals surface area (Å²) >= 11 is 0. The molecule has 1 aromatic heterocycles. The monoisotopic (exact) mass is 257 g/mol. The summed E-state index contributed by atoms with van der Waals surface area (Å²) in [6.07, 6.45) is 1.02. The van der Waals surface area contributed by atoms with Gasteiger partial charge in [0.1, 0.15) is 5.76 Å². The van der Waals surface area contributed by atoms with E-state index in [2.05, 4.69) is 13.8 Å². The first-order valence-electron chi connectivity index (χ1n) is 6.52. The Morgan fingerprint density at radius 1 is 1.16 bits per heavy atom. The minimum Gasteiger partial charge on any atom is -0.456 e. The highest BCUT2D eigenvalue weighted by molar-refractivity contribution is 6.07. The summed E-state index contributed by atoms with van der Waals surface area (Å²) in [5.41, 5.74) is 7.35. The van der Waals surface area contributed by atoms with Crippen molar-refractivity contribution in [2.24, 2.45) is 11.7 Å². The van der Waals surface area contributed by atoms with Crippen molar-refractivity contribution in [2.75, 3.05) is 0 Å². The molecule has 0 spiro atoms. The largest absolute Gasteiger partial charge is 0.456 e.